The molecule has 0 aliphatic rings. The third kappa shape index (κ3) is 1.37. The summed E-state index contributed by atoms with van der Waals surface area (Å²) in [6, 6.07) is 8.97. The highest BCUT2D eigenvalue weighted by Gasteiger charge is 2.09. The lowest BCUT2D eigenvalue weighted by molar-refractivity contribution is 0.890. The summed E-state index contributed by atoms with van der Waals surface area (Å²) >= 11 is 1.92. The van der Waals surface area contributed by atoms with Gasteiger partial charge in [0.2, 0.25) is 0 Å². The molecule has 82 valence electrons. The number of H-pyrrole nitrogens is 1. The lowest BCUT2D eigenvalue weighted by Gasteiger charge is -1.96. The van der Waals surface area contributed by atoms with Crippen molar-refractivity contribution in [3.63, 3.8) is 0 Å². The molecule has 0 bridgehead atoms. The number of fused-ring (bicyclic) bond motifs is 3. The number of thiophene rings is 1. The van der Waals surface area contributed by atoms with Gasteiger partial charge in [0.1, 0.15) is 0 Å². The largest absolute Gasteiger partial charge is 0.357 e. The molecule has 2 aromatic heterocycles. The number of aryl methyl sites for hydroxylation is 1. The SMILES string of the molecule is Cc1cc2ccc3cc(C(C)C)sc3c2[nH]1. The molecule has 0 saturated carbocycles. The van der Waals surface area contributed by atoms with Gasteiger partial charge >= 0.3 is 0 Å². The number of hydrogen-bond acceptors (Lipinski definition) is 1. The third-order valence-electron chi connectivity index (χ3n) is 3.00. The van der Waals surface area contributed by atoms with E-state index in [-0.39, 0.29) is 0 Å². The molecular formula is C14H15NS. The first kappa shape index (κ1) is 9.91. The molecule has 0 unspecified atom stereocenters. The van der Waals surface area contributed by atoms with Crippen LogP contribution in [0.15, 0.2) is 24.3 Å². The summed E-state index contributed by atoms with van der Waals surface area (Å²) in [5.41, 5.74) is 2.54. The van der Waals surface area contributed by atoms with Crippen LogP contribution in [0.2, 0.25) is 0 Å². The summed E-state index contributed by atoms with van der Waals surface area (Å²) in [5, 5.41) is 2.69. The molecular weight excluding hydrogens is 214 g/mol. The lowest BCUT2D eigenvalue weighted by Crippen LogP contribution is -1.77. The summed E-state index contributed by atoms with van der Waals surface area (Å²) in [6.45, 7) is 6.62. The minimum Gasteiger partial charge on any atom is -0.357 e. The predicted molar refractivity (Wildman–Crippen MR) is 72.5 cm³/mol. The summed E-state index contributed by atoms with van der Waals surface area (Å²) in [6.07, 6.45) is 0. The lowest BCUT2D eigenvalue weighted by atomic mass is 10.1. The van der Waals surface area contributed by atoms with E-state index in [0.717, 1.165) is 0 Å². The highest BCUT2D eigenvalue weighted by Crippen LogP contribution is 2.35. The van der Waals surface area contributed by atoms with Crippen molar-refractivity contribution in [3.8, 4) is 0 Å². The van der Waals surface area contributed by atoms with Crippen molar-refractivity contribution in [2.24, 2.45) is 0 Å². The number of rotatable bonds is 1. The molecule has 0 radical (unpaired) electrons. The second-order valence-electron chi connectivity index (χ2n) is 4.70. The van der Waals surface area contributed by atoms with E-state index in [9.17, 15) is 0 Å². The Balaban J connectivity index is 2.40. The van der Waals surface area contributed by atoms with Gasteiger partial charge in [-0.25, -0.2) is 0 Å². The van der Waals surface area contributed by atoms with Crippen LogP contribution >= 0.6 is 11.3 Å². The van der Waals surface area contributed by atoms with Gasteiger partial charge in [-0.2, -0.15) is 0 Å². The Morgan fingerprint density at radius 3 is 2.62 bits per heavy atom. The van der Waals surface area contributed by atoms with Gasteiger partial charge in [-0.05, 0) is 30.4 Å². The third-order valence-corrected chi connectivity index (χ3v) is 4.47. The average molecular weight is 229 g/mol. The number of benzene rings is 1. The van der Waals surface area contributed by atoms with E-state index < -0.39 is 0 Å². The van der Waals surface area contributed by atoms with Gasteiger partial charge in [-0.15, -0.1) is 11.3 Å². The van der Waals surface area contributed by atoms with Crippen LogP contribution in [0.5, 0.6) is 0 Å². The fourth-order valence-corrected chi connectivity index (χ4v) is 3.31. The first-order valence-corrected chi connectivity index (χ1v) is 6.48. The Bertz CT molecular complexity index is 658. The molecule has 0 aliphatic heterocycles. The molecule has 16 heavy (non-hydrogen) atoms. The minimum absolute atomic E-state index is 0.614. The molecule has 2 heteroatoms. The monoisotopic (exact) mass is 229 g/mol. The van der Waals surface area contributed by atoms with Gasteiger partial charge in [0.05, 0.1) is 10.2 Å². The standard InChI is InChI=1S/C14H15NS/c1-8(2)12-7-11-5-4-10-6-9(3)15-13(10)14(11)16-12/h4-8,15H,1-3H3. The molecule has 1 N–H and O–H groups in total. The smallest absolute Gasteiger partial charge is 0.0637 e. The molecule has 3 aromatic rings. The van der Waals surface area contributed by atoms with Crippen LogP contribution in [-0.4, -0.2) is 4.98 Å². The topological polar surface area (TPSA) is 15.8 Å². The van der Waals surface area contributed by atoms with E-state index in [2.05, 4.69) is 50.0 Å². The van der Waals surface area contributed by atoms with Crippen molar-refractivity contribution in [2.45, 2.75) is 26.7 Å². The maximum Gasteiger partial charge on any atom is 0.0637 e. The van der Waals surface area contributed by atoms with Crippen molar-refractivity contribution in [1.29, 1.82) is 0 Å². The van der Waals surface area contributed by atoms with Crippen molar-refractivity contribution in [2.75, 3.05) is 0 Å². The van der Waals surface area contributed by atoms with Gasteiger partial charge in [0.15, 0.2) is 0 Å². The van der Waals surface area contributed by atoms with Crippen LogP contribution in [0.25, 0.3) is 21.0 Å². The fourth-order valence-electron chi connectivity index (χ4n) is 2.14. The van der Waals surface area contributed by atoms with Crippen LogP contribution in [0.3, 0.4) is 0 Å². The van der Waals surface area contributed by atoms with E-state index in [1.165, 1.54) is 31.6 Å². The van der Waals surface area contributed by atoms with Gasteiger partial charge in [-0.1, -0.05) is 26.0 Å². The van der Waals surface area contributed by atoms with Gasteiger partial charge < -0.3 is 4.98 Å². The molecule has 0 fully saturated rings. The van der Waals surface area contributed by atoms with Gasteiger partial charge in [0.25, 0.3) is 0 Å². The Hall–Kier alpha value is -1.28. The number of hydrogen-bond donors (Lipinski definition) is 1. The Morgan fingerprint density at radius 1 is 1.12 bits per heavy atom. The van der Waals surface area contributed by atoms with Crippen molar-refractivity contribution >= 4 is 32.3 Å². The Kier molecular flexibility index (Phi) is 2.08. The highest BCUT2D eigenvalue weighted by atomic mass is 32.1. The maximum absolute atomic E-state index is 3.46. The maximum atomic E-state index is 3.46. The number of aromatic nitrogens is 1. The van der Waals surface area contributed by atoms with Crippen LogP contribution in [0, 0.1) is 6.92 Å². The molecule has 0 amide bonds. The van der Waals surface area contributed by atoms with Gasteiger partial charge in [0, 0.05) is 16.0 Å². The predicted octanol–water partition coefficient (Wildman–Crippen LogP) is 4.81. The summed E-state index contributed by atoms with van der Waals surface area (Å²) in [5.74, 6) is 0.614. The second-order valence-corrected chi connectivity index (χ2v) is 5.79. The molecule has 0 spiro atoms. The molecule has 1 nitrogen and oxygen atoms in total. The van der Waals surface area contributed by atoms with E-state index >= 15 is 0 Å². The molecule has 0 saturated heterocycles. The molecule has 3 rings (SSSR count). The first-order chi connectivity index (χ1) is 7.65. The Morgan fingerprint density at radius 2 is 1.88 bits per heavy atom. The molecule has 1 aromatic carbocycles. The van der Waals surface area contributed by atoms with Gasteiger partial charge in [-0.3, -0.25) is 0 Å². The van der Waals surface area contributed by atoms with E-state index in [4.69, 9.17) is 0 Å². The second kappa shape index (κ2) is 3.36. The fraction of sp³-hybridized carbons (Fsp3) is 0.286. The highest BCUT2D eigenvalue weighted by molar-refractivity contribution is 7.20. The molecule has 2 heterocycles. The number of aromatic amines is 1. The van der Waals surface area contributed by atoms with Crippen LogP contribution in [-0.2, 0) is 0 Å². The molecule has 0 atom stereocenters. The summed E-state index contributed by atoms with van der Waals surface area (Å²) < 4.78 is 1.40. The van der Waals surface area contributed by atoms with E-state index in [1.54, 1.807) is 0 Å². The van der Waals surface area contributed by atoms with Crippen molar-refractivity contribution in [1.82, 2.24) is 4.98 Å². The zero-order chi connectivity index (χ0) is 11.3. The summed E-state index contributed by atoms with van der Waals surface area (Å²) in [4.78, 5) is 4.93. The van der Waals surface area contributed by atoms with Crippen LogP contribution in [0.1, 0.15) is 30.3 Å². The van der Waals surface area contributed by atoms with Crippen molar-refractivity contribution in [3.05, 3.63) is 34.8 Å². The summed E-state index contributed by atoms with van der Waals surface area (Å²) in [7, 11) is 0. The minimum atomic E-state index is 0.614. The average Bonchev–Trinajstić information content (AvgIpc) is 2.77. The Labute approximate surface area is 99.1 Å². The zero-order valence-electron chi connectivity index (χ0n) is 9.79. The first-order valence-electron chi connectivity index (χ1n) is 5.67. The normalized spacial score (nSPS) is 12.0. The van der Waals surface area contributed by atoms with Crippen LogP contribution < -0.4 is 0 Å². The van der Waals surface area contributed by atoms with Crippen molar-refractivity contribution < 1.29 is 0 Å². The van der Waals surface area contributed by atoms with E-state index in [1.807, 2.05) is 11.3 Å². The molecule has 0 aliphatic carbocycles. The number of nitrogens with one attached hydrogen (secondary N) is 1. The van der Waals surface area contributed by atoms with E-state index in [0.29, 0.717) is 5.92 Å². The van der Waals surface area contributed by atoms with Crippen LogP contribution in [0.4, 0.5) is 0 Å². The quantitative estimate of drug-likeness (QED) is 0.616. The zero-order valence-corrected chi connectivity index (χ0v) is 10.6.